The minimum atomic E-state index is -0.652. The number of benzene rings is 2. The van der Waals surface area contributed by atoms with Crippen LogP contribution in [0.25, 0.3) is 6.08 Å². The molecule has 146 valence electrons. The van der Waals surface area contributed by atoms with Crippen molar-refractivity contribution in [2.75, 3.05) is 26.4 Å². The van der Waals surface area contributed by atoms with Crippen molar-refractivity contribution in [1.29, 1.82) is 5.26 Å². The number of carbonyl (C=O) groups excluding carboxylic acids is 1. The fraction of sp³-hybridized carbons (Fsp3) is 0.273. The highest BCUT2D eigenvalue weighted by Crippen LogP contribution is 2.29. The maximum Gasteiger partial charge on any atom is 0.348 e. The van der Waals surface area contributed by atoms with E-state index in [4.69, 9.17) is 24.2 Å². The van der Waals surface area contributed by atoms with Crippen LogP contribution < -0.4 is 14.2 Å². The average Bonchev–Trinajstić information content (AvgIpc) is 2.71. The van der Waals surface area contributed by atoms with E-state index in [9.17, 15) is 4.79 Å². The molecule has 0 saturated carbocycles. The molecule has 0 fully saturated rings. The molecule has 2 aromatic rings. The van der Waals surface area contributed by atoms with Crippen molar-refractivity contribution in [2.24, 2.45) is 0 Å². The number of rotatable bonds is 10. The number of para-hydroxylation sites is 1. The molecule has 0 aliphatic rings. The average molecular weight is 381 g/mol. The Kier molecular flexibility index (Phi) is 8.41. The monoisotopic (exact) mass is 381 g/mol. The SMILES string of the molecule is CCOC(=O)C(C#N)=Cc1ccc(OCCOc2ccccc2)c(OCC)c1. The number of esters is 1. The van der Waals surface area contributed by atoms with Gasteiger partial charge < -0.3 is 18.9 Å². The molecule has 2 aromatic carbocycles. The van der Waals surface area contributed by atoms with Crippen LogP contribution in [0.4, 0.5) is 0 Å². The summed E-state index contributed by atoms with van der Waals surface area (Å²) in [7, 11) is 0. The first-order chi connectivity index (χ1) is 13.7. The summed E-state index contributed by atoms with van der Waals surface area (Å²) >= 11 is 0. The minimum absolute atomic E-state index is 0.0748. The van der Waals surface area contributed by atoms with Crippen LogP contribution in [-0.2, 0) is 9.53 Å². The Labute approximate surface area is 164 Å². The summed E-state index contributed by atoms with van der Waals surface area (Å²) in [5.74, 6) is 1.21. The molecular formula is C22H23NO5. The fourth-order valence-corrected chi connectivity index (χ4v) is 2.34. The van der Waals surface area contributed by atoms with Crippen LogP contribution in [0.3, 0.4) is 0 Å². The van der Waals surface area contributed by atoms with E-state index in [1.54, 1.807) is 25.1 Å². The van der Waals surface area contributed by atoms with E-state index in [1.807, 2.05) is 43.3 Å². The summed E-state index contributed by atoms with van der Waals surface area (Å²) in [6.45, 7) is 4.94. The lowest BCUT2D eigenvalue weighted by Crippen LogP contribution is -2.10. The van der Waals surface area contributed by atoms with Gasteiger partial charge in [0, 0.05) is 0 Å². The zero-order valence-corrected chi connectivity index (χ0v) is 16.0. The number of hydrogen-bond acceptors (Lipinski definition) is 6. The van der Waals surface area contributed by atoms with Crippen molar-refractivity contribution in [3.8, 4) is 23.3 Å². The molecule has 0 aliphatic heterocycles. The first kappa shape index (κ1) is 20.8. The third kappa shape index (κ3) is 6.36. The second-order valence-corrected chi connectivity index (χ2v) is 5.54. The summed E-state index contributed by atoms with van der Waals surface area (Å²) < 4.78 is 21.9. The largest absolute Gasteiger partial charge is 0.490 e. The maximum absolute atomic E-state index is 11.8. The zero-order chi connectivity index (χ0) is 20.2. The number of hydrogen-bond donors (Lipinski definition) is 0. The number of ether oxygens (including phenoxy) is 4. The van der Waals surface area contributed by atoms with Crippen LogP contribution in [0.1, 0.15) is 19.4 Å². The molecule has 0 saturated heterocycles. The van der Waals surface area contributed by atoms with Crippen molar-refractivity contribution in [2.45, 2.75) is 13.8 Å². The Morgan fingerprint density at radius 3 is 2.39 bits per heavy atom. The Balaban J connectivity index is 2.05. The van der Waals surface area contributed by atoms with Crippen LogP contribution in [0.15, 0.2) is 54.1 Å². The molecular weight excluding hydrogens is 358 g/mol. The van der Waals surface area contributed by atoms with Gasteiger partial charge in [0.05, 0.1) is 13.2 Å². The molecule has 0 N–H and O–H groups in total. The van der Waals surface area contributed by atoms with Crippen molar-refractivity contribution < 1.29 is 23.7 Å². The predicted molar refractivity (Wildman–Crippen MR) is 105 cm³/mol. The lowest BCUT2D eigenvalue weighted by atomic mass is 10.1. The van der Waals surface area contributed by atoms with Gasteiger partial charge in [-0.15, -0.1) is 0 Å². The van der Waals surface area contributed by atoms with Gasteiger partial charge in [0.15, 0.2) is 11.5 Å². The Morgan fingerprint density at radius 2 is 1.71 bits per heavy atom. The molecule has 2 rings (SSSR count). The van der Waals surface area contributed by atoms with Crippen molar-refractivity contribution in [3.05, 3.63) is 59.7 Å². The Hall–Kier alpha value is -3.46. The molecule has 0 amide bonds. The van der Waals surface area contributed by atoms with Crippen molar-refractivity contribution >= 4 is 12.0 Å². The van der Waals surface area contributed by atoms with Crippen LogP contribution >= 0.6 is 0 Å². The van der Waals surface area contributed by atoms with E-state index in [-0.39, 0.29) is 12.2 Å². The highest BCUT2D eigenvalue weighted by atomic mass is 16.5. The molecule has 0 radical (unpaired) electrons. The summed E-state index contributed by atoms with van der Waals surface area (Å²) in [4.78, 5) is 11.8. The lowest BCUT2D eigenvalue weighted by Gasteiger charge is -2.13. The number of nitriles is 1. The quantitative estimate of drug-likeness (QED) is 0.268. The molecule has 28 heavy (non-hydrogen) atoms. The highest BCUT2D eigenvalue weighted by molar-refractivity contribution is 5.97. The molecule has 6 nitrogen and oxygen atoms in total. The van der Waals surface area contributed by atoms with Crippen molar-refractivity contribution in [3.63, 3.8) is 0 Å². The normalized spacial score (nSPS) is 10.7. The van der Waals surface area contributed by atoms with Crippen LogP contribution in [0.5, 0.6) is 17.2 Å². The number of nitrogens with zero attached hydrogens (tertiary/aromatic N) is 1. The Morgan fingerprint density at radius 1 is 0.964 bits per heavy atom. The van der Waals surface area contributed by atoms with Crippen LogP contribution in [-0.4, -0.2) is 32.4 Å². The molecule has 0 bridgehead atoms. The summed E-state index contributed by atoms with van der Waals surface area (Å²) in [6, 6.07) is 16.5. The molecule has 0 atom stereocenters. The third-order valence-corrected chi connectivity index (χ3v) is 3.55. The maximum atomic E-state index is 11.8. The summed E-state index contributed by atoms with van der Waals surface area (Å²) in [5, 5.41) is 9.16. The van der Waals surface area contributed by atoms with Gasteiger partial charge in [0.25, 0.3) is 0 Å². The molecule has 0 spiro atoms. The fourth-order valence-electron chi connectivity index (χ4n) is 2.34. The third-order valence-electron chi connectivity index (χ3n) is 3.55. The lowest BCUT2D eigenvalue weighted by molar-refractivity contribution is -0.137. The van der Waals surface area contributed by atoms with Crippen LogP contribution in [0, 0.1) is 11.3 Å². The van der Waals surface area contributed by atoms with Crippen molar-refractivity contribution in [1.82, 2.24) is 0 Å². The molecule has 0 heterocycles. The molecule has 0 aliphatic carbocycles. The van der Waals surface area contributed by atoms with Gasteiger partial charge in [-0.2, -0.15) is 5.26 Å². The second kappa shape index (κ2) is 11.3. The van der Waals surface area contributed by atoms with E-state index in [0.717, 1.165) is 5.75 Å². The van der Waals surface area contributed by atoms with E-state index in [2.05, 4.69) is 0 Å². The summed E-state index contributed by atoms with van der Waals surface area (Å²) in [5.41, 5.74) is 0.565. The van der Waals surface area contributed by atoms with Gasteiger partial charge in [-0.05, 0) is 49.8 Å². The second-order valence-electron chi connectivity index (χ2n) is 5.54. The molecule has 6 heteroatoms. The van der Waals surface area contributed by atoms with Gasteiger partial charge >= 0.3 is 5.97 Å². The first-order valence-corrected chi connectivity index (χ1v) is 9.04. The minimum Gasteiger partial charge on any atom is -0.490 e. The smallest absolute Gasteiger partial charge is 0.348 e. The number of carbonyl (C=O) groups is 1. The molecule has 0 unspecified atom stereocenters. The standard InChI is InChI=1S/C22H23NO5/c1-3-25-21-15-17(14-18(16-23)22(24)26-4-2)10-11-20(21)28-13-12-27-19-8-6-5-7-9-19/h5-11,14-15H,3-4,12-13H2,1-2H3. The Bertz CT molecular complexity index is 840. The van der Waals surface area contributed by atoms with Gasteiger partial charge in [-0.1, -0.05) is 24.3 Å². The first-order valence-electron chi connectivity index (χ1n) is 9.04. The van der Waals surface area contributed by atoms with E-state index in [0.29, 0.717) is 36.9 Å². The highest BCUT2D eigenvalue weighted by Gasteiger charge is 2.11. The topological polar surface area (TPSA) is 77.8 Å². The van der Waals surface area contributed by atoms with E-state index >= 15 is 0 Å². The molecule has 0 aromatic heterocycles. The predicted octanol–water partition coefficient (Wildman–Crippen LogP) is 4.01. The van der Waals surface area contributed by atoms with Crippen LogP contribution in [0.2, 0.25) is 0 Å². The van der Waals surface area contributed by atoms with Gasteiger partial charge in [0.1, 0.15) is 30.6 Å². The van der Waals surface area contributed by atoms with E-state index in [1.165, 1.54) is 6.08 Å². The zero-order valence-electron chi connectivity index (χ0n) is 16.0. The van der Waals surface area contributed by atoms with Gasteiger partial charge in [0.2, 0.25) is 0 Å². The van der Waals surface area contributed by atoms with Gasteiger partial charge in [-0.3, -0.25) is 0 Å². The van der Waals surface area contributed by atoms with Gasteiger partial charge in [-0.25, -0.2) is 4.79 Å². The van der Waals surface area contributed by atoms with E-state index < -0.39 is 5.97 Å². The summed E-state index contributed by atoms with van der Waals surface area (Å²) in [6.07, 6.45) is 1.46.